The maximum atomic E-state index is 3.60. The van der Waals surface area contributed by atoms with Crippen LogP contribution in [0.1, 0.15) is 25.5 Å². The van der Waals surface area contributed by atoms with Crippen molar-refractivity contribution in [3.05, 3.63) is 54.1 Å². The minimum absolute atomic E-state index is 0.434. The van der Waals surface area contributed by atoms with Crippen molar-refractivity contribution >= 4 is 5.69 Å². The van der Waals surface area contributed by atoms with Crippen LogP contribution in [0.15, 0.2) is 48.5 Å². The smallest absolute Gasteiger partial charge is 0.0928 e. The number of benzene rings is 2. The third kappa shape index (κ3) is 1.75. The molecule has 0 fully saturated rings. The van der Waals surface area contributed by atoms with E-state index in [1.54, 1.807) is 0 Å². The third-order valence-electron chi connectivity index (χ3n) is 4.51. The summed E-state index contributed by atoms with van der Waals surface area (Å²) in [4.78, 5) is 0. The van der Waals surface area contributed by atoms with E-state index in [2.05, 4.69) is 84.1 Å². The lowest BCUT2D eigenvalue weighted by atomic mass is 9.94. The minimum Gasteiger partial charge on any atom is -0.380 e. The predicted molar refractivity (Wildman–Crippen MR) is 92.0 cm³/mol. The Morgan fingerprint density at radius 1 is 0.909 bits per heavy atom. The quantitative estimate of drug-likeness (QED) is 0.691. The average Bonchev–Trinajstić information content (AvgIpc) is 2.50. The summed E-state index contributed by atoms with van der Waals surface area (Å²) in [5, 5.41) is 3.60. The van der Waals surface area contributed by atoms with Crippen LogP contribution >= 0.6 is 0 Å². The SMILES string of the molecule is CC(C)n1c2c(n1C)-c1ccccc1CNc1ccccc1-2. The molecular formula is C19H21N3. The molecule has 4 rings (SSSR count). The first-order valence-corrected chi connectivity index (χ1v) is 7.87. The monoisotopic (exact) mass is 291 g/mol. The number of hydrogen-bond donors (Lipinski definition) is 1. The highest BCUT2D eigenvalue weighted by molar-refractivity contribution is 5.89. The Balaban J connectivity index is 2.05. The summed E-state index contributed by atoms with van der Waals surface area (Å²) in [6, 6.07) is 17.7. The zero-order chi connectivity index (χ0) is 15.3. The second-order valence-corrected chi connectivity index (χ2v) is 6.22. The Hall–Kier alpha value is -2.42. The van der Waals surface area contributed by atoms with Gasteiger partial charge in [-0.1, -0.05) is 42.5 Å². The van der Waals surface area contributed by atoms with Crippen LogP contribution in [0.25, 0.3) is 22.5 Å². The highest BCUT2D eigenvalue weighted by Crippen LogP contribution is 2.43. The molecule has 2 aromatic carbocycles. The van der Waals surface area contributed by atoms with Crippen LogP contribution in [0.3, 0.4) is 0 Å². The Bertz CT molecular complexity index is 836. The highest BCUT2D eigenvalue weighted by atomic mass is 15.4. The Labute approximate surface area is 131 Å². The van der Waals surface area contributed by atoms with Crippen molar-refractivity contribution in [2.45, 2.75) is 26.4 Å². The molecule has 2 heterocycles. The van der Waals surface area contributed by atoms with E-state index in [0.717, 1.165) is 6.54 Å². The van der Waals surface area contributed by atoms with Crippen molar-refractivity contribution in [2.24, 2.45) is 7.05 Å². The van der Waals surface area contributed by atoms with Crippen molar-refractivity contribution in [1.82, 2.24) is 9.36 Å². The van der Waals surface area contributed by atoms with E-state index in [1.165, 1.54) is 33.8 Å². The molecule has 0 spiro atoms. The van der Waals surface area contributed by atoms with Crippen LogP contribution < -0.4 is 5.32 Å². The Morgan fingerprint density at radius 3 is 2.36 bits per heavy atom. The van der Waals surface area contributed by atoms with Gasteiger partial charge in [0, 0.05) is 36.4 Å². The van der Waals surface area contributed by atoms with Gasteiger partial charge in [-0.05, 0) is 25.5 Å². The molecule has 3 nitrogen and oxygen atoms in total. The van der Waals surface area contributed by atoms with Crippen molar-refractivity contribution in [1.29, 1.82) is 0 Å². The van der Waals surface area contributed by atoms with Gasteiger partial charge in [0.25, 0.3) is 0 Å². The van der Waals surface area contributed by atoms with Crippen molar-refractivity contribution < 1.29 is 0 Å². The topological polar surface area (TPSA) is 21.9 Å². The standard InChI is InChI=1S/C19H21N3/c1-13(2)22-19-16-10-6-7-11-17(16)20-12-14-8-4-5-9-15(14)18(19)21(22)3/h4-11,13,20H,12H2,1-3H3. The number of para-hydroxylation sites is 1. The number of anilines is 1. The zero-order valence-electron chi connectivity index (χ0n) is 13.3. The van der Waals surface area contributed by atoms with Gasteiger partial charge in [-0.15, -0.1) is 0 Å². The lowest BCUT2D eigenvalue weighted by Crippen LogP contribution is -2.28. The average molecular weight is 291 g/mol. The first kappa shape index (κ1) is 13.3. The Morgan fingerprint density at radius 2 is 1.59 bits per heavy atom. The van der Waals surface area contributed by atoms with E-state index < -0.39 is 0 Å². The number of aromatic nitrogens is 2. The number of fused-ring (bicyclic) bond motifs is 5. The maximum Gasteiger partial charge on any atom is 0.0928 e. The van der Waals surface area contributed by atoms with Crippen LogP contribution in [-0.2, 0) is 13.6 Å². The van der Waals surface area contributed by atoms with Crippen molar-refractivity contribution in [3.8, 4) is 22.5 Å². The second kappa shape index (κ2) is 4.80. The van der Waals surface area contributed by atoms with Gasteiger partial charge < -0.3 is 5.32 Å². The molecule has 1 aliphatic rings. The molecule has 0 atom stereocenters. The molecule has 1 aromatic heterocycles. The second-order valence-electron chi connectivity index (χ2n) is 6.22. The van der Waals surface area contributed by atoms with Crippen molar-refractivity contribution in [3.63, 3.8) is 0 Å². The summed E-state index contributed by atoms with van der Waals surface area (Å²) < 4.78 is 4.67. The van der Waals surface area contributed by atoms with Gasteiger partial charge in [0.15, 0.2) is 0 Å². The lowest BCUT2D eigenvalue weighted by Gasteiger charge is -2.35. The van der Waals surface area contributed by atoms with Crippen LogP contribution in [0.4, 0.5) is 5.69 Å². The van der Waals surface area contributed by atoms with E-state index in [-0.39, 0.29) is 0 Å². The van der Waals surface area contributed by atoms with Crippen LogP contribution in [-0.4, -0.2) is 9.36 Å². The van der Waals surface area contributed by atoms with Crippen molar-refractivity contribution in [2.75, 3.05) is 5.32 Å². The first-order valence-electron chi connectivity index (χ1n) is 7.87. The fraction of sp³-hybridized carbons (Fsp3) is 0.263. The van der Waals surface area contributed by atoms with Gasteiger partial charge in [0.2, 0.25) is 0 Å². The molecule has 3 aromatic rings. The molecular weight excluding hydrogens is 270 g/mol. The van der Waals surface area contributed by atoms with Crippen LogP contribution in [0.5, 0.6) is 0 Å². The largest absolute Gasteiger partial charge is 0.380 e. The summed E-state index contributed by atoms with van der Waals surface area (Å²) in [5.41, 5.74) is 7.84. The van der Waals surface area contributed by atoms with Gasteiger partial charge in [0.1, 0.15) is 0 Å². The van der Waals surface area contributed by atoms with Gasteiger partial charge in [-0.3, -0.25) is 9.36 Å². The fourth-order valence-corrected chi connectivity index (χ4v) is 3.57. The summed E-state index contributed by atoms with van der Waals surface area (Å²) in [7, 11) is 2.16. The summed E-state index contributed by atoms with van der Waals surface area (Å²) in [6.07, 6.45) is 0. The molecule has 3 heteroatoms. The normalized spacial score (nSPS) is 12.9. The molecule has 112 valence electrons. The fourth-order valence-electron chi connectivity index (χ4n) is 3.57. The Kier molecular flexibility index (Phi) is 2.89. The molecule has 0 radical (unpaired) electrons. The summed E-state index contributed by atoms with van der Waals surface area (Å²) in [5.74, 6) is 0. The van der Waals surface area contributed by atoms with Crippen LogP contribution in [0.2, 0.25) is 0 Å². The number of hydrogen-bond acceptors (Lipinski definition) is 1. The lowest BCUT2D eigenvalue weighted by molar-refractivity contribution is 0.420. The first-order chi connectivity index (χ1) is 10.7. The minimum atomic E-state index is 0.434. The van der Waals surface area contributed by atoms with Crippen LogP contribution in [0, 0.1) is 0 Å². The van der Waals surface area contributed by atoms with E-state index in [1.807, 2.05) is 0 Å². The molecule has 22 heavy (non-hydrogen) atoms. The van der Waals surface area contributed by atoms with E-state index >= 15 is 0 Å². The number of rotatable bonds is 1. The molecule has 0 saturated carbocycles. The number of nitrogens with one attached hydrogen (secondary N) is 1. The maximum absolute atomic E-state index is 3.60. The summed E-state index contributed by atoms with van der Waals surface area (Å²) >= 11 is 0. The molecule has 0 bridgehead atoms. The predicted octanol–water partition coefficient (Wildman–Crippen LogP) is 4.67. The molecule has 0 aliphatic carbocycles. The molecule has 1 N–H and O–H groups in total. The number of nitrogens with zero attached hydrogens (tertiary/aromatic N) is 2. The van der Waals surface area contributed by atoms with Gasteiger partial charge in [0.05, 0.1) is 11.4 Å². The van der Waals surface area contributed by atoms with Gasteiger partial charge >= 0.3 is 0 Å². The van der Waals surface area contributed by atoms with E-state index in [0.29, 0.717) is 6.04 Å². The molecule has 0 saturated heterocycles. The van der Waals surface area contributed by atoms with Gasteiger partial charge in [-0.2, -0.15) is 0 Å². The van der Waals surface area contributed by atoms with Gasteiger partial charge in [-0.25, -0.2) is 0 Å². The molecule has 0 unspecified atom stereocenters. The highest BCUT2D eigenvalue weighted by Gasteiger charge is 2.27. The van der Waals surface area contributed by atoms with E-state index in [4.69, 9.17) is 0 Å². The van der Waals surface area contributed by atoms with E-state index in [9.17, 15) is 0 Å². The summed E-state index contributed by atoms with van der Waals surface area (Å²) in [6.45, 7) is 5.33. The zero-order valence-corrected chi connectivity index (χ0v) is 13.3. The third-order valence-corrected chi connectivity index (χ3v) is 4.51. The molecule has 1 aliphatic heterocycles. The molecule has 0 amide bonds.